The van der Waals surface area contributed by atoms with Crippen molar-refractivity contribution in [1.29, 1.82) is 0 Å². The molecule has 2 aliphatic heterocycles. The minimum Gasteiger partial charge on any atom is -0.337 e. The van der Waals surface area contributed by atoms with Gasteiger partial charge in [-0.1, -0.05) is 6.07 Å². The van der Waals surface area contributed by atoms with Gasteiger partial charge in [0.25, 0.3) is 5.91 Å². The lowest BCUT2D eigenvalue weighted by Gasteiger charge is -2.26. The summed E-state index contributed by atoms with van der Waals surface area (Å²) in [4.78, 5) is 14.5. The van der Waals surface area contributed by atoms with E-state index in [0.29, 0.717) is 25.2 Å². The Morgan fingerprint density at radius 1 is 1.29 bits per heavy atom. The first-order valence-electron chi connectivity index (χ1n) is 8.26. The number of carbonyl (C=O) groups is 1. The minimum absolute atomic E-state index is 0.0910. The molecule has 2 aliphatic rings. The molecule has 24 heavy (non-hydrogen) atoms. The maximum absolute atomic E-state index is 12.6. The van der Waals surface area contributed by atoms with Gasteiger partial charge < -0.3 is 10.2 Å². The molecule has 1 aromatic carbocycles. The summed E-state index contributed by atoms with van der Waals surface area (Å²) in [7, 11) is -3.61. The van der Waals surface area contributed by atoms with Gasteiger partial charge in [-0.05, 0) is 37.6 Å². The van der Waals surface area contributed by atoms with Crippen molar-refractivity contribution in [3.05, 3.63) is 29.8 Å². The van der Waals surface area contributed by atoms with Gasteiger partial charge in [0.2, 0.25) is 10.0 Å². The van der Waals surface area contributed by atoms with Crippen LogP contribution in [-0.4, -0.2) is 63.0 Å². The van der Waals surface area contributed by atoms with Crippen molar-refractivity contribution >= 4 is 27.7 Å². The number of amides is 1. The lowest BCUT2D eigenvalue weighted by atomic mass is 10.1. The van der Waals surface area contributed by atoms with Crippen LogP contribution in [0, 0.1) is 0 Å². The molecule has 2 saturated heterocycles. The molecule has 1 unspecified atom stereocenters. The maximum Gasteiger partial charge on any atom is 0.253 e. The summed E-state index contributed by atoms with van der Waals surface area (Å²) in [5, 5.41) is 3.19. The van der Waals surface area contributed by atoms with Crippen LogP contribution in [0.5, 0.6) is 0 Å². The normalized spacial score (nSPS) is 22.3. The highest BCUT2D eigenvalue weighted by Crippen LogP contribution is 2.17. The van der Waals surface area contributed by atoms with Gasteiger partial charge in [-0.15, -0.1) is 0 Å². The molecular formula is C16H23N3O3S2. The standard InChI is InChI=1S/C16H23N3O3S2/c20-16(19-7-9-23-10-8-19)13-3-1-5-15(11-13)24(21,22)18-14-4-2-6-17-12-14/h1,3,5,11,14,17-18H,2,4,6-10,12H2. The van der Waals surface area contributed by atoms with E-state index < -0.39 is 10.0 Å². The lowest BCUT2D eigenvalue weighted by Crippen LogP contribution is -2.45. The van der Waals surface area contributed by atoms with E-state index in [4.69, 9.17) is 0 Å². The average molecular weight is 370 g/mol. The SMILES string of the molecule is O=C(c1cccc(S(=O)(=O)NC2CCCNC2)c1)N1CCSCC1. The van der Waals surface area contributed by atoms with Crippen molar-refractivity contribution in [2.75, 3.05) is 37.7 Å². The fourth-order valence-corrected chi connectivity index (χ4v) is 5.20. The second-order valence-corrected chi connectivity index (χ2v) is 9.04. The van der Waals surface area contributed by atoms with Gasteiger partial charge in [-0.2, -0.15) is 11.8 Å². The zero-order valence-electron chi connectivity index (χ0n) is 13.5. The lowest BCUT2D eigenvalue weighted by molar-refractivity contribution is 0.0772. The Labute approximate surface area is 147 Å². The van der Waals surface area contributed by atoms with Gasteiger partial charge in [0.1, 0.15) is 0 Å². The Kier molecular flexibility index (Phi) is 5.80. The van der Waals surface area contributed by atoms with E-state index in [0.717, 1.165) is 30.9 Å². The third kappa shape index (κ3) is 4.30. The van der Waals surface area contributed by atoms with E-state index in [1.807, 2.05) is 11.8 Å². The minimum atomic E-state index is -3.61. The van der Waals surface area contributed by atoms with E-state index in [-0.39, 0.29) is 16.8 Å². The second-order valence-electron chi connectivity index (χ2n) is 6.10. The van der Waals surface area contributed by atoms with E-state index in [2.05, 4.69) is 10.0 Å². The van der Waals surface area contributed by atoms with E-state index >= 15 is 0 Å². The Hall–Kier alpha value is -1.09. The van der Waals surface area contributed by atoms with Crippen LogP contribution in [0.25, 0.3) is 0 Å². The third-order valence-corrected chi connectivity index (χ3v) is 6.77. The molecule has 2 heterocycles. The van der Waals surface area contributed by atoms with Gasteiger partial charge in [0.15, 0.2) is 0 Å². The van der Waals surface area contributed by atoms with Crippen LogP contribution in [0.2, 0.25) is 0 Å². The predicted octanol–water partition coefficient (Wildman–Crippen LogP) is 0.906. The number of benzene rings is 1. The van der Waals surface area contributed by atoms with Crippen molar-refractivity contribution < 1.29 is 13.2 Å². The van der Waals surface area contributed by atoms with E-state index in [1.165, 1.54) is 6.07 Å². The fraction of sp³-hybridized carbons (Fsp3) is 0.562. The monoisotopic (exact) mass is 369 g/mol. The van der Waals surface area contributed by atoms with Crippen molar-refractivity contribution in [2.45, 2.75) is 23.8 Å². The van der Waals surface area contributed by atoms with E-state index in [1.54, 1.807) is 23.1 Å². The first-order chi connectivity index (χ1) is 11.6. The van der Waals surface area contributed by atoms with Gasteiger partial charge in [0, 0.05) is 42.7 Å². The number of piperidine rings is 1. The van der Waals surface area contributed by atoms with Crippen molar-refractivity contribution in [3.63, 3.8) is 0 Å². The maximum atomic E-state index is 12.6. The number of rotatable bonds is 4. The molecule has 132 valence electrons. The summed E-state index contributed by atoms with van der Waals surface area (Å²) >= 11 is 1.83. The van der Waals surface area contributed by atoms with Crippen molar-refractivity contribution in [2.24, 2.45) is 0 Å². The van der Waals surface area contributed by atoms with Gasteiger partial charge in [0.05, 0.1) is 4.90 Å². The Morgan fingerprint density at radius 2 is 2.08 bits per heavy atom. The number of nitrogens with zero attached hydrogens (tertiary/aromatic N) is 1. The van der Waals surface area contributed by atoms with Crippen LogP contribution >= 0.6 is 11.8 Å². The summed E-state index contributed by atoms with van der Waals surface area (Å²) < 4.78 is 27.9. The molecule has 0 aliphatic carbocycles. The number of thioether (sulfide) groups is 1. The topological polar surface area (TPSA) is 78.5 Å². The molecule has 0 saturated carbocycles. The molecule has 3 rings (SSSR count). The zero-order valence-corrected chi connectivity index (χ0v) is 15.2. The second kappa shape index (κ2) is 7.86. The molecule has 1 amide bonds. The molecule has 0 bridgehead atoms. The van der Waals surface area contributed by atoms with Crippen LogP contribution in [0.3, 0.4) is 0 Å². The largest absolute Gasteiger partial charge is 0.337 e. The quantitative estimate of drug-likeness (QED) is 0.825. The van der Waals surface area contributed by atoms with Crippen LogP contribution < -0.4 is 10.0 Å². The molecular weight excluding hydrogens is 346 g/mol. The Morgan fingerprint density at radius 3 is 2.79 bits per heavy atom. The predicted molar refractivity (Wildman–Crippen MR) is 95.9 cm³/mol. The Balaban J connectivity index is 1.74. The number of hydrogen-bond donors (Lipinski definition) is 2. The summed E-state index contributed by atoms with van der Waals surface area (Å²) in [6.45, 7) is 3.00. The van der Waals surface area contributed by atoms with Crippen LogP contribution in [-0.2, 0) is 10.0 Å². The summed E-state index contributed by atoms with van der Waals surface area (Å²) in [6.07, 6.45) is 1.79. The molecule has 2 N–H and O–H groups in total. The first-order valence-corrected chi connectivity index (χ1v) is 10.9. The molecule has 0 spiro atoms. The molecule has 0 aromatic heterocycles. The average Bonchev–Trinajstić information content (AvgIpc) is 2.62. The number of carbonyl (C=O) groups excluding carboxylic acids is 1. The summed E-state index contributed by atoms with van der Waals surface area (Å²) in [5.41, 5.74) is 0.437. The molecule has 0 radical (unpaired) electrons. The smallest absolute Gasteiger partial charge is 0.253 e. The molecule has 8 heteroatoms. The highest BCUT2D eigenvalue weighted by Gasteiger charge is 2.24. The van der Waals surface area contributed by atoms with Crippen LogP contribution in [0.1, 0.15) is 23.2 Å². The Bertz CT molecular complexity index is 682. The fourth-order valence-electron chi connectivity index (χ4n) is 2.99. The van der Waals surface area contributed by atoms with Gasteiger partial charge in [-0.3, -0.25) is 4.79 Å². The molecule has 1 atom stereocenters. The highest BCUT2D eigenvalue weighted by atomic mass is 32.2. The first kappa shape index (κ1) is 17.7. The van der Waals surface area contributed by atoms with Crippen molar-refractivity contribution in [3.8, 4) is 0 Å². The van der Waals surface area contributed by atoms with Gasteiger partial charge in [-0.25, -0.2) is 13.1 Å². The number of hydrogen-bond acceptors (Lipinski definition) is 5. The summed E-state index contributed by atoms with van der Waals surface area (Å²) in [5.74, 6) is 1.77. The van der Waals surface area contributed by atoms with Crippen LogP contribution in [0.4, 0.5) is 0 Å². The number of nitrogens with one attached hydrogen (secondary N) is 2. The van der Waals surface area contributed by atoms with E-state index in [9.17, 15) is 13.2 Å². The zero-order chi connectivity index (χ0) is 17.0. The number of sulfonamides is 1. The van der Waals surface area contributed by atoms with Gasteiger partial charge >= 0.3 is 0 Å². The molecule has 6 nitrogen and oxygen atoms in total. The third-order valence-electron chi connectivity index (χ3n) is 4.31. The van der Waals surface area contributed by atoms with Crippen LogP contribution in [0.15, 0.2) is 29.2 Å². The molecule has 1 aromatic rings. The highest BCUT2D eigenvalue weighted by molar-refractivity contribution is 7.99. The molecule has 2 fully saturated rings. The summed E-state index contributed by atoms with van der Waals surface area (Å²) in [6, 6.07) is 6.26. The van der Waals surface area contributed by atoms with Crippen molar-refractivity contribution in [1.82, 2.24) is 14.9 Å².